The number of nitrogens with zero attached hydrogens (tertiary/aromatic N) is 2. The van der Waals surface area contributed by atoms with E-state index < -0.39 is 5.41 Å². The fraction of sp³-hybridized carbons (Fsp3) is 0.412. The van der Waals surface area contributed by atoms with Crippen LogP contribution in [0.15, 0.2) is 36.7 Å². The van der Waals surface area contributed by atoms with E-state index in [2.05, 4.69) is 24.3 Å². The van der Waals surface area contributed by atoms with Crippen molar-refractivity contribution < 1.29 is 4.79 Å². The van der Waals surface area contributed by atoms with Crippen LogP contribution in [-0.4, -0.2) is 15.7 Å². The monoisotopic (exact) mass is 285 g/mol. The minimum atomic E-state index is -0.421. The molecular weight excluding hydrogens is 262 g/mol. The van der Waals surface area contributed by atoms with E-state index in [0.717, 1.165) is 16.8 Å². The van der Waals surface area contributed by atoms with Crippen LogP contribution in [0.2, 0.25) is 0 Å². The van der Waals surface area contributed by atoms with Crippen molar-refractivity contribution in [1.29, 1.82) is 0 Å². The Labute approximate surface area is 126 Å². The Balaban J connectivity index is 2.34. The molecule has 112 valence electrons. The Kier molecular flexibility index (Phi) is 4.16. The van der Waals surface area contributed by atoms with Gasteiger partial charge in [0.1, 0.15) is 0 Å². The molecule has 2 aromatic rings. The lowest BCUT2D eigenvalue weighted by Gasteiger charge is -2.19. The molecule has 4 nitrogen and oxygen atoms in total. The minimum Gasteiger partial charge on any atom is -0.325 e. The van der Waals surface area contributed by atoms with E-state index in [1.165, 1.54) is 0 Å². The number of anilines is 1. The smallest absolute Gasteiger partial charge is 0.229 e. The maximum absolute atomic E-state index is 12.2. The van der Waals surface area contributed by atoms with E-state index in [0.29, 0.717) is 6.04 Å². The van der Waals surface area contributed by atoms with Crippen LogP contribution in [0.25, 0.3) is 11.1 Å². The summed E-state index contributed by atoms with van der Waals surface area (Å²) in [6.45, 7) is 9.89. The molecular formula is C17H23N3O. The molecule has 0 aliphatic rings. The standard InChI is InChI=1S/C17H23N3O/c1-12(2)20-11-13(10-18-20)14-8-6-7-9-15(14)19-16(21)17(3,4)5/h6-12H,1-5H3,(H,19,21). The first-order valence-electron chi connectivity index (χ1n) is 7.24. The van der Waals surface area contributed by atoms with Crippen molar-refractivity contribution in [3.63, 3.8) is 0 Å². The summed E-state index contributed by atoms with van der Waals surface area (Å²) in [5, 5.41) is 7.38. The van der Waals surface area contributed by atoms with E-state index in [9.17, 15) is 4.79 Å². The lowest BCUT2D eigenvalue weighted by molar-refractivity contribution is -0.123. The molecule has 0 spiro atoms. The van der Waals surface area contributed by atoms with Gasteiger partial charge in [0.15, 0.2) is 0 Å². The topological polar surface area (TPSA) is 46.9 Å². The van der Waals surface area contributed by atoms with Gasteiger partial charge in [-0.25, -0.2) is 0 Å². The number of rotatable bonds is 3. The molecule has 1 heterocycles. The summed E-state index contributed by atoms with van der Waals surface area (Å²) in [5.74, 6) is 0.00574. The second-order valence-electron chi connectivity index (χ2n) is 6.55. The van der Waals surface area contributed by atoms with Gasteiger partial charge < -0.3 is 5.32 Å². The molecule has 1 N–H and O–H groups in total. The van der Waals surface area contributed by atoms with Crippen molar-refractivity contribution in [1.82, 2.24) is 9.78 Å². The summed E-state index contributed by atoms with van der Waals surface area (Å²) in [6, 6.07) is 8.13. The second-order valence-corrected chi connectivity index (χ2v) is 6.55. The molecule has 0 bridgehead atoms. The summed E-state index contributed by atoms with van der Waals surface area (Å²) in [6.07, 6.45) is 3.84. The van der Waals surface area contributed by atoms with Crippen LogP contribution in [0.4, 0.5) is 5.69 Å². The molecule has 4 heteroatoms. The van der Waals surface area contributed by atoms with Gasteiger partial charge in [0.2, 0.25) is 5.91 Å². The zero-order valence-electron chi connectivity index (χ0n) is 13.3. The van der Waals surface area contributed by atoms with Crippen molar-refractivity contribution in [2.45, 2.75) is 40.7 Å². The molecule has 2 rings (SSSR count). The van der Waals surface area contributed by atoms with Crippen LogP contribution in [-0.2, 0) is 4.79 Å². The summed E-state index contributed by atoms with van der Waals surface area (Å²) >= 11 is 0. The molecule has 0 saturated carbocycles. The molecule has 0 unspecified atom stereocenters. The van der Waals surface area contributed by atoms with Crippen LogP contribution in [0.5, 0.6) is 0 Å². The first-order valence-corrected chi connectivity index (χ1v) is 7.24. The average Bonchev–Trinajstić information content (AvgIpc) is 2.88. The third-order valence-electron chi connectivity index (χ3n) is 3.30. The fourth-order valence-electron chi connectivity index (χ4n) is 1.91. The number of amides is 1. The Morgan fingerprint density at radius 1 is 1.24 bits per heavy atom. The Morgan fingerprint density at radius 2 is 1.90 bits per heavy atom. The van der Waals surface area contributed by atoms with Crippen LogP contribution < -0.4 is 5.32 Å². The van der Waals surface area contributed by atoms with Crippen molar-refractivity contribution in [2.24, 2.45) is 5.41 Å². The van der Waals surface area contributed by atoms with Gasteiger partial charge in [-0.15, -0.1) is 0 Å². The van der Waals surface area contributed by atoms with E-state index >= 15 is 0 Å². The third kappa shape index (κ3) is 3.51. The Morgan fingerprint density at radius 3 is 2.48 bits per heavy atom. The summed E-state index contributed by atoms with van der Waals surface area (Å²) in [5.41, 5.74) is 2.39. The van der Waals surface area contributed by atoms with Gasteiger partial charge in [-0.3, -0.25) is 9.48 Å². The van der Waals surface area contributed by atoms with E-state index in [-0.39, 0.29) is 5.91 Å². The van der Waals surface area contributed by atoms with Gasteiger partial charge in [-0.05, 0) is 19.9 Å². The molecule has 0 saturated heterocycles. The van der Waals surface area contributed by atoms with Crippen molar-refractivity contribution in [2.75, 3.05) is 5.32 Å². The normalized spacial score (nSPS) is 11.7. The van der Waals surface area contributed by atoms with Gasteiger partial charge in [-0.1, -0.05) is 39.0 Å². The number of hydrogen-bond donors (Lipinski definition) is 1. The largest absolute Gasteiger partial charge is 0.325 e. The quantitative estimate of drug-likeness (QED) is 0.922. The molecule has 21 heavy (non-hydrogen) atoms. The lowest BCUT2D eigenvalue weighted by Crippen LogP contribution is -2.27. The molecule has 0 aliphatic heterocycles. The maximum atomic E-state index is 12.2. The highest BCUT2D eigenvalue weighted by Gasteiger charge is 2.22. The van der Waals surface area contributed by atoms with Crippen LogP contribution in [0.1, 0.15) is 40.7 Å². The van der Waals surface area contributed by atoms with E-state index in [1.807, 2.05) is 62.1 Å². The summed E-state index contributed by atoms with van der Waals surface area (Å²) < 4.78 is 1.91. The molecule has 0 fully saturated rings. The number of aromatic nitrogens is 2. The number of carbonyl (C=O) groups is 1. The predicted molar refractivity (Wildman–Crippen MR) is 86.1 cm³/mol. The first-order chi connectivity index (χ1) is 9.79. The van der Waals surface area contributed by atoms with Crippen LogP contribution >= 0.6 is 0 Å². The molecule has 0 aliphatic carbocycles. The Hall–Kier alpha value is -2.10. The highest BCUT2D eigenvalue weighted by molar-refractivity contribution is 5.98. The maximum Gasteiger partial charge on any atom is 0.229 e. The van der Waals surface area contributed by atoms with Gasteiger partial charge in [-0.2, -0.15) is 5.10 Å². The average molecular weight is 285 g/mol. The number of hydrogen-bond acceptors (Lipinski definition) is 2. The van der Waals surface area contributed by atoms with E-state index in [1.54, 1.807) is 0 Å². The lowest BCUT2D eigenvalue weighted by atomic mass is 9.95. The molecule has 0 radical (unpaired) electrons. The first kappa shape index (κ1) is 15.3. The highest BCUT2D eigenvalue weighted by atomic mass is 16.2. The molecule has 1 amide bonds. The van der Waals surface area contributed by atoms with Crippen molar-refractivity contribution in [3.05, 3.63) is 36.7 Å². The molecule has 1 aromatic heterocycles. The fourth-order valence-corrected chi connectivity index (χ4v) is 1.91. The van der Waals surface area contributed by atoms with E-state index in [4.69, 9.17) is 0 Å². The molecule has 0 atom stereocenters. The predicted octanol–water partition coefficient (Wildman–Crippen LogP) is 4.12. The van der Waals surface area contributed by atoms with Gasteiger partial charge in [0, 0.05) is 34.5 Å². The number of benzene rings is 1. The molecule has 1 aromatic carbocycles. The van der Waals surface area contributed by atoms with Crippen molar-refractivity contribution in [3.8, 4) is 11.1 Å². The third-order valence-corrected chi connectivity index (χ3v) is 3.30. The number of nitrogens with one attached hydrogen (secondary N) is 1. The number of para-hydroxylation sites is 1. The Bertz CT molecular complexity index is 635. The highest BCUT2D eigenvalue weighted by Crippen LogP contribution is 2.29. The van der Waals surface area contributed by atoms with Crippen LogP contribution in [0.3, 0.4) is 0 Å². The van der Waals surface area contributed by atoms with Gasteiger partial charge >= 0.3 is 0 Å². The SMILES string of the molecule is CC(C)n1cc(-c2ccccc2NC(=O)C(C)(C)C)cn1. The second kappa shape index (κ2) is 5.72. The van der Waals surface area contributed by atoms with Crippen LogP contribution in [0, 0.1) is 5.41 Å². The zero-order valence-corrected chi connectivity index (χ0v) is 13.3. The van der Waals surface area contributed by atoms with Gasteiger partial charge in [0.25, 0.3) is 0 Å². The van der Waals surface area contributed by atoms with Gasteiger partial charge in [0.05, 0.1) is 6.20 Å². The van der Waals surface area contributed by atoms with Crippen molar-refractivity contribution >= 4 is 11.6 Å². The number of carbonyl (C=O) groups excluding carboxylic acids is 1. The summed E-state index contributed by atoms with van der Waals surface area (Å²) in [7, 11) is 0. The minimum absolute atomic E-state index is 0.00574. The zero-order chi connectivity index (χ0) is 15.6. The summed E-state index contributed by atoms with van der Waals surface area (Å²) in [4.78, 5) is 12.2.